The van der Waals surface area contributed by atoms with E-state index in [0.29, 0.717) is 0 Å². The van der Waals surface area contributed by atoms with Crippen LogP contribution in [0.15, 0.2) is 24.3 Å². The Kier molecular flexibility index (Phi) is 5.71. The van der Waals surface area contributed by atoms with Gasteiger partial charge in [-0.3, -0.25) is 0 Å². The molecule has 0 bridgehead atoms. The van der Waals surface area contributed by atoms with Gasteiger partial charge < -0.3 is 15.1 Å². The van der Waals surface area contributed by atoms with Gasteiger partial charge in [0, 0.05) is 13.1 Å². The van der Waals surface area contributed by atoms with Gasteiger partial charge in [-0.05, 0) is 31.7 Å². The largest absolute Gasteiger partial charge is 0.416 e. The molecule has 0 aliphatic carbocycles. The Morgan fingerprint density at radius 1 is 1.09 bits per heavy atom. The van der Waals surface area contributed by atoms with E-state index >= 15 is 0 Å². The summed E-state index contributed by atoms with van der Waals surface area (Å²) >= 11 is 0. The van der Waals surface area contributed by atoms with Gasteiger partial charge in [0.05, 0.1) is 11.2 Å². The fraction of sp³-hybridized carbons (Fsp3) is 0.571. The number of hydrogen-bond acceptors (Lipinski definition) is 3. The van der Waals surface area contributed by atoms with Crippen molar-refractivity contribution in [3.05, 3.63) is 35.4 Å². The predicted octanol–water partition coefficient (Wildman–Crippen LogP) is 2.77. The monoisotopic (exact) mass is 345 g/mol. The Hall–Kier alpha value is -1.32. The van der Waals surface area contributed by atoms with Crippen LogP contribution in [0.5, 0.6) is 0 Å². The highest BCUT2D eigenvalue weighted by Gasteiger charge is 2.39. The lowest BCUT2D eigenvalue weighted by Crippen LogP contribution is -2.44. The van der Waals surface area contributed by atoms with E-state index in [1.807, 2.05) is 0 Å². The molecule has 0 fully saturated rings. The highest BCUT2D eigenvalue weighted by molar-refractivity contribution is 5.29. The van der Waals surface area contributed by atoms with Crippen LogP contribution < -0.4 is 0 Å². The number of aliphatic hydroxyl groups excluding tert-OH is 1. The lowest BCUT2D eigenvalue weighted by Gasteiger charge is -2.31. The summed E-state index contributed by atoms with van der Waals surface area (Å²) in [6, 6.07) is 3.94. The Labute approximate surface area is 129 Å². The van der Waals surface area contributed by atoms with Gasteiger partial charge in [0.2, 0.25) is 0 Å². The van der Waals surface area contributed by atoms with Crippen molar-refractivity contribution in [3.8, 4) is 0 Å². The van der Waals surface area contributed by atoms with Crippen LogP contribution in [-0.4, -0.2) is 47.5 Å². The van der Waals surface area contributed by atoms with Gasteiger partial charge in [-0.2, -0.15) is 26.3 Å². The van der Waals surface area contributed by atoms with Crippen LogP contribution in [0, 0.1) is 0 Å². The summed E-state index contributed by atoms with van der Waals surface area (Å²) in [6.07, 6.45) is -12.0. The average Bonchev–Trinajstić information content (AvgIpc) is 2.36. The molecule has 0 aromatic heterocycles. The molecule has 1 aromatic carbocycles. The smallest absolute Gasteiger partial charge is 0.384 e. The van der Waals surface area contributed by atoms with Crippen molar-refractivity contribution in [1.82, 2.24) is 4.90 Å². The number of benzene rings is 1. The molecule has 9 heteroatoms. The lowest BCUT2D eigenvalue weighted by molar-refractivity contribution is -0.208. The van der Waals surface area contributed by atoms with Crippen LogP contribution in [0.4, 0.5) is 26.3 Å². The van der Waals surface area contributed by atoms with Gasteiger partial charge in [0.1, 0.15) is 0 Å². The van der Waals surface area contributed by atoms with Gasteiger partial charge in [-0.25, -0.2) is 0 Å². The summed E-state index contributed by atoms with van der Waals surface area (Å²) in [5.74, 6) is 0. The fourth-order valence-corrected chi connectivity index (χ4v) is 2.11. The molecule has 2 unspecified atom stereocenters. The van der Waals surface area contributed by atoms with Crippen molar-refractivity contribution in [2.75, 3.05) is 20.1 Å². The molecule has 0 heterocycles. The van der Waals surface area contributed by atoms with E-state index in [0.717, 1.165) is 23.1 Å². The Balaban J connectivity index is 2.87. The standard InChI is InChI=1S/C14H17F6NO2/c1-12(23,8-21(2)7-11(22)14(18,19)20)9-4-3-5-10(6-9)13(15,16)17/h3-6,11,22-23H,7-8H2,1-2H3. The molecule has 0 saturated carbocycles. The number of halogens is 6. The molecule has 1 rings (SSSR count). The van der Waals surface area contributed by atoms with Gasteiger partial charge in [-0.15, -0.1) is 0 Å². The maximum atomic E-state index is 12.7. The van der Waals surface area contributed by atoms with Gasteiger partial charge >= 0.3 is 12.4 Å². The first kappa shape index (κ1) is 19.7. The quantitative estimate of drug-likeness (QED) is 0.807. The van der Waals surface area contributed by atoms with Crippen molar-refractivity contribution >= 4 is 0 Å². The van der Waals surface area contributed by atoms with E-state index in [-0.39, 0.29) is 12.1 Å². The SMILES string of the molecule is CN(CC(O)C(F)(F)F)CC(C)(O)c1cccc(C(F)(F)F)c1. The molecule has 3 nitrogen and oxygen atoms in total. The van der Waals surface area contributed by atoms with Gasteiger partial charge in [0.25, 0.3) is 0 Å². The first-order valence-corrected chi connectivity index (χ1v) is 6.57. The molecule has 0 radical (unpaired) electrons. The first-order valence-electron chi connectivity index (χ1n) is 6.57. The van der Waals surface area contributed by atoms with Gasteiger partial charge in [-0.1, -0.05) is 12.1 Å². The van der Waals surface area contributed by atoms with Crippen molar-refractivity contribution in [2.24, 2.45) is 0 Å². The second-order valence-electron chi connectivity index (χ2n) is 5.61. The predicted molar refractivity (Wildman–Crippen MR) is 70.6 cm³/mol. The minimum absolute atomic E-state index is 0.0827. The molecule has 0 saturated heterocycles. The summed E-state index contributed by atoms with van der Waals surface area (Å²) in [4.78, 5) is 0.998. The highest BCUT2D eigenvalue weighted by Crippen LogP contribution is 2.32. The fourth-order valence-electron chi connectivity index (χ4n) is 2.11. The highest BCUT2D eigenvalue weighted by atomic mass is 19.4. The van der Waals surface area contributed by atoms with Crippen LogP contribution in [0.25, 0.3) is 0 Å². The number of rotatable bonds is 5. The zero-order valence-corrected chi connectivity index (χ0v) is 12.4. The van der Waals surface area contributed by atoms with Crippen molar-refractivity contribution in [3.63, 3.8) is 0 Å². The Morgan fingerprint density at radius 3 is 2.09 bits per heavy atom. The Bertz CT molecular complexity index is 527. The second-order valence-corrected chi connectivity index (χ2v) is 5.61. The summed E-state index contributed by atoms with van der Waals surface area (Å²) in [7, 11) is 1.22. The molecular formula is C14H17F6NO2. The molecule has 2 N–H and O–H groups in total. The first-order chi connectivity index (χ1) is 10.2. The van der Waals surface area contributed by atoms with E-state index in [1.165, 1.54) is 20.0 Å². The second kappa shape index (κ2) is 6.66. The van der Waals surface area contributed by atoms with Crippen molar-refractivity contribution in [2.45, 2.75) is 31.0 Å². The maximum absolute atomic E-state index is 12.7. The third-order valence-corrected chi connectivity index (χ3v) is 3.25. The van der Waals surface area contributed by atoms with Crippen LogP contribution in [-0.2, 0) is 11.8 Å². The van der Waals surface area contributed by atoms with E-state index in [1.54, 1.807) is 0 Å². The van der Waals surface area contributed by atoms with Crippen LogP contribution in [0.2, 0.25) is 0 Å². The molecule has 0 spiro atoms. The zero-order chi connectivity index (χ0) is 18.1. The van der Waals surface area contributed by atoms with E-state index in [4.69, 9.17) is 5.11 Å². The van der Waals surface area contributed by atoms with E-state index in [2.05, 4.69) is 0 Å². The summed E-state index contributed by atoms with van der Waals surface area (Å²) in [5.41, 5.74) is -2.87. The third kappa shape index (κ3) is 5.67. The molecular weight excluding hydrogens is 328 g/mol. The van der Waals surface area contributed by atoms with E-state index in [9.17, 15) is 31.4 Å². The lowest BCUT2D eigenvalue weighted by atomic mass is 9.93. The molecule has 0 aliphatic heterocycles. The molecule has 2 atom stereocenters. The van der Waals surface area contributed by atoms with Gasteiger partial charge in [0.15, 0.2) is 6.10 Å². The van der Waals surface area contributed by atoms with Crippen LogP contribution >= 0.6 is 0 Å². The summed E-state index contributed by atoms with van der Waals surface area (Å²) in [5, 5.41) is 19.3. The summed E-state index contributed by atoms with van der Waals surface area (Å²) in [6.45, 7) is -0.000973. The van der Waals surface area contributed by atoms with E-state index < -0.39 is 36.2 Å². The van der Waals surface area contributed by atoms with Crippen molar-refractivity contribution in [1.29, 1.82) is 0 Å². The number of aliphatic hydroxyl groups is 2. The number of nitrogens with zero attached hydrogens (tertiary/aromatic N) is 1. The van der Waals surface area contributed by atoms with Crippen LogP contribution in [0.3, 0.4) is 0 Å². The summed E-state index contributed by atoms with van der Waals surface area (Å²) < 4.78 is 74.9. The van der Waals surface area contributed by atoms with Crippen LogP contribution in [0.1, 0.15) is 18.1 Å². The number of likely N-dealkylation sites (N-methyl/N-ethyl adjacent to an activating group) is 1. The topological polar surface area (TPSA) is 43.7 Å². The number of hydrogen-bond donors (Lipinski definition) is 2. The maximum Gasteiger partial charge on any atom is 0.416 e. The molecule has 0 aliphatic rings. The number of alkyl halides is 6. The molecule has 132 valence electrons. The van der Waals surface area contributed by atoms with Crippen molar-refractivity contribution < 1.29 is 36.6 Å². The minimum atomic E-state index is -4.81. The Morgan fingerprint density at radius 2 is 1.61 bits per heavy atom. The molecule has 1 aromatic rings. The third-order valence-electron chi connectivity index (χ3n) is 3.25. The zero-order valence-electron chi connectivity index (χ0n) is 12.4. The molecule has 0 amide bonds. The minimum Gasteiger partial charge on any atom is -0.384 e. The average molecular weight is 345 g/mol. The molecule has 23 heavy (non-hydrogen) atoms. The normalized spacial score (nSPS) is 17.2.